The number of furan rings is 1. The van der Waals surface area contributed by atoms with Gasteiger partial charge in [-0.05, 0) is 72.5 Å². The van der Waals surface area contributed by atoms with E-state index in [1.165, 1.54) is 11.6 Å². The van der Waals surface area contributed by atoms with Crippen molar-refractivity contribution in [2.24, 2.45) is 0 Å². The molecule has 3 aromatic carbocycles. The summed E-state index contributed by atoms with van der Waals surface area (Å²) in [5, 5.41) is 2.86. The van der Waals surface area contributed by atoms with E-state index in [9.17, 15) is 4.79 Å². The Kier molecular flexibility index (Phi) is 6.31. The molecule has 1 amide bonds. The Hall–Kier alpha value is -4.38. The van der Waals surface area contributed by atoms with Crippen molar-refractivity contribution in [1.82, 2.24) is 4.98 Å². The number of anilines is 1. The van der Waals surface area contributed by atoms with Crippen LogP contribution in [0.5, 0.6) is 0 Å². The minimum Gasteiger partial charge on any atom is -0.457 e. The molecule has 0 aliphatic carbocycles. The fourth-order valence-corrected chi connectivity index (χ4v) is 3.85. The smallest absolute Gasteiger partial charge is 0.248 e. The van der Waals surface area contributed by atoms with Crippen molar-refractivity contribution in [3.8, 4) is 22.8 Å². The van der Waals surface area contributed by atoms with Crippen molar-refractivity contribution >= 4 is 28.8 Å². The molecule has 0 aliphatic rings. The third kappa shape index (κ3) is 5.09. The van der Waals surface area contributed by atoms with Crippen LogP contribution in [0.15, 0.2) is 99.8 Å². The largest absolute Gasteiger partial charge is 0.457 e. The van der Waals surface area contributed by atoms with Crippen molar-refractivity contribution < 1.29 is 13.6 Å². The van der Waals surface area contributed by atoms with Gasteiger partial charge in [0.15, 0.2) is 5.58 Å². The third-order valence-corrected chi connectivity index (χ3v) is 6.08. The number of amides is 1. The monoisotopic (exact) mass is 462 g/mol. The zero-order chi connectivity index (χ0) is 24.2. The van der Waals surface area contributed by atoms with Crippen LogP contribution in [0.1, 0.15) is 37.5 Å². The fourth-order valence-electron chi connectivity index (χ4n) is 3.85. The molecule has 35 heavy (non-hydrogen) atoms. The van der Waals surface area contributed by atoms with Gasteiger partial charge in [-0.15, -0.1) is 0 Å². The van der Waals surface area contributed by atoms with Crippen molar-refractivity contribution in [3.63, 3.8) is 0 Å². The second-order valence-electron chi connectivity index (χ2n) is 8.52. The van der Waals surface area contributed by atoms with Gasteiger partial charge in [0.05, 0.1) is 0 Å². The number of oxazole rings is 1. The standard InChI is InChI=1S/C30H26N2O3/c1-3-20(2)23-11-16-28-26(19-23)32-30(35-28)22-9-12-24(13-10-22)31-29(33)18-15-25-14-17-27(34-25)21-7-5-4-6-8-21/h4-20H,3H2,1-2H3,(H,31,33)/b18-15+. The van der Waals surface area contributed by atoms with E-state index in [1.807, 2.05) is 72.8 Å². The highest BCUT2D eigenvalue weighted by atomic mass is 16.3. The topological polar surface area (TPSA) is 68.3 Å². The lowest BCUT2D eigenvalue weighted by molar-refractivity contribution is -0.111. The Bertz CT molecular complexity index is 1480. The molecule has 5 rings (SSSR count). The number of nitrogens with one attached hydrogen (secondary N) is 1. The lowest BCUT2D eigenvalue weighted by atomic mass is 9.98. The summed E-state index contributed by atoms with van der Waals surface area (Å²) < 4.78 is 11.7. The van der Waals surface area contributed by atoms with Crippen molar-refractivity contribution in [3.05, 3.63) is 102 Å². The predicted octanol–water partition coefficient (Wildman–Crippen LogP) is 7.92. The average Bonchev–Trinajstić information content (AvgIpc) is 3.55. The van der Waals surface area contributed by atoms with E-state index >= 15 is 0 Å². The van der Waals surface area contributed by atoms with Crippen molar-refractivity contribution in [1.29, 1.82) is 0 Å². The number of hydrogen-bond donors (Lipinski definition) is 1. The Balaban J connectivity index is 1.24. The summed E-state index contributed by atoms with van der Waals surface area (Å²) in [6, 6.07) is 27.2. The first kappa shape index (κ1) is 22.4. The molecule has 1 N–H and O–H groups in total. The Morgan fingerprint density at radius 2 is 1.74 bits per heavy atom. The maximum absolute atomic E-state index is 12.4. The Labute approximate surface area is 204 Å². The van der Waals surface area contributed by atoms with Crippen molar-refractivity contribution in [2.75, 3.05) is 5.32 Å². The van der Waals surface area contributed by atoms with Gasteiger partial charge in [-0.1, -0.05) is 50.2 Å². The SMILES string of the molecule is CCC(C)c1ccc2oc(-c3ccc(NC(=O)/C=C/c4ccc(-c5ccccc5)o4)cc3)nc2c1. The molecule has 5 nitrogen and oxygen atoms in total. The molecule has 0 saturated heterocycles. The number of rotatable bonds is 7. The Morgan fingerprint density at radius 1 is 0.943 bits per heavy atom. The number of carbonyl (C=O) groups is 1. The lowest BCUT2D eigenvalue weighted by Gasteiger charge is -2.07. The highest BCUT2D eigenvalue weighted by molar-refractivity contribution is 6.01. The normalized spacial score (nSPS) is 12.3. The number of benzene rings is 3. The molecule has 0 fully saturated rings. The molecule has 174 valence electrons. The molecule has 5 heteroatoms. The minimum atomic E-state index is -0.241. The molecule has 2 aromatic heterocycles. The molecule has 2 heterocycles. The van der Waals surface area contributed by atoms with Crippen LogP contribution in [0, 0.1) is 0 Å². The maximum Gasteiger partial charge on any atom is 0.248 e. The van der Waals surface area contributed by atoms with Gasteiger partial charge in [-0.25, -0.2) is 4.98 Å². The van der Waals surface area contributed by atoms with Crippen LogP contribution < -0.4 is 5.32 Å². The summed E-state index contributed by atoms with van der Waals surface area (Å²) in [6.07, 6.45) is 4.19. The zero-order valence-electron chi connectivity index (χ0n) is 19.7. The van der Waals surface area contributed by atoms with E-state index in [-0.39, 0.29) is 5.91 Å². The Morgan fingerprint density at radius 3 is 2.51 bits per heavy atom. The van der Waals surface area contributed by atoms with E-state index in [0.717, 1.165) is 34.4 Å². The summed E-state index contributed by atoms with van der Waals surface area (Å²) in [7, 11) is 0. The molecule has 0 aliphatic heterocycles. The van der Waals surface area contributed by atoms with Gasteiger partial charge in [-0.3, -0.25) is 4.79 Å². The quantitative estimate of drug-likeness (QED) is 0.249. The van der Waals surface area contributed by atoms with Gasteiger partial charge in [0.25, 0.3) is 0 Å². The molecule has 1 unspecified atom stereocenters. The molecule has 0 spiro atoms. The van der Waals surface area contributed by atoms with E-state index < -0.39 is 0 Å². The lowest BCUT2D eigenvalue weighted by Crippen LogP contribution is -2.07. The summed E-state index contributed by atoms with van der Waals surface area (Å²) in [5.41, 5.74) is 5.41. The van der Waals surface area contributed by atoms with Crippen LogP contribution in [0.2, 0.25) is 0 Å². The zero-order valence-corrected chi connectivity index (χ0v) is 19.7. The van der Waals surface area contributed by atoms with E-state index in [2.05, 4.69) is 36.3 Å². The molecule has 0 bridgehead atoms. The first-order chi connectivity index (χ1) is 17.1. The molecule has 0 saturated carbocycles. The van der Waals surface area contributed by atoms with Crippen LogP contribution in [0.3, 0.4) is 0 Å². The van der Waals surface area contributed by atoms with Crippen LogP contribution >= 0.6 is 0 Å². The van der Waals surface area contributed by atoms with Crippen LogP contribution in [-0.4, -0.2) is 10.9 Å². The maximum atomic E-state index is 12.4. The van der Waals surface area contributed by atoms with Gasteiger partial charge in [0, 0.05) is 22.9 Å². The summed E-state index contributed by atoms with van der Waals surface area (Å²) >= 11 is 0. The van der Waals surface area contributed by atoms with Gasteiger partial charge in [0.2, 0.25) is 11.8 Å². The number of nitrogens with zero attached hydrogens (tertiary/aromatic N) is 1. The second kappa shape index (κ2) is 9.85. The predicted molar refractivity (Wildman–Crippen MR) is 140 cm³/mol. The highest BCUT2D eigenvalue weighted by Gasteiger charge is 2.11. The summed E-state index contributed by atoms with van der Waals surface area (Å²) in [5.74, 6) is 2.18. The first-order valence-electron chi connectivity index (χ1n) is 11.7. The number of aromatic nitrogens is 1. The van der Waals surface area contributed by atoms with Gasteiger partial charge in [-0.2, -0.15) is 0 Å². The fraction of sp³-hybridized carbons (Fsp3) is 0.133. The number of fused-ring (bicyclic) bond motifs is 1. The van der Waals surface area contributed by atoms with E-state index in [4.69, 9.17) is 8.83 Å². The number of carbonyl (C=O) groups excluding carboxylic acids is 1. The van der Waals surface area contributed by atoms with E-state index in [1.54, 1.807) is 6.08 Å². The molecule has 0 radical (unpaired) electrons. The third-order valence-electron chi connectivity index (χ3n) is 6.08. The van der Waals surface area contributed by atoms with E-state index in [0.29, 0.717) is 23.3 Å². The molecular formula is C30H26N2O3. The second-order valence-corrected chi connectivity index (χ2v) is 8.52. The molecule has 5 aromatic rings. The van der Waals surface area contributed by atoms with Gasteiger partial charge < -0.3 is 14.2 Å². The van der Waals surface area contributed by atoms with Gasteiger partial charge in [0.1, 0.15) is 17.0 Å². The minimum absolute atomic E-state index is 0.241. The first-order valence-corrected chi connectivity index (χ1v) is 11.7. The molecular weight excluding hydrogens is 436 g/mol. The summed E-state index contributed by atoms with van der Waals surface area (Å²) in [4.78, 5) is 17.0. The van der Waals surface area contributed by atoms with Crippen LogP contribution in [-0.2, 0) is 4.79 Å². The average molecular weight is 463 g/mol. The van der Waals surface area contributed by atoms with Gasteiger partial charge >= 0.3 is 0 Å². The highest BCUT2D eigenvalue weighted by Crippen LogP contribution is 2.28. The summed E-state index contributed by atoms with van der Waals surface area (Å²) in [6.45, 7) is 4.39. The van der Waals surface area contributed by atoms with Crippen LogP contribution in [0.25, 0.3) is 40.0 Å². The van der Waals surface area contributed by atoms with Crippen LogP contribution in [0.4, 0.5) is 5.69 Å². The molecule has 1 atom stereocenters. The van der Waals surface area contributed by atoms with Crippen molar-refractivity contribution in [2.45, 2.75) is 26.2 Å². The number of hydrogen-bond acceptors (Lipinski definition) is 4.